The summed E-state index contributed by atoms with van der Waals surface area (Å²) in [5.41, 5.74) is 1.70. The van der Waals surface area contributed by atoms with Crippen LogP contribution < -0.4 is 5.32 Å². The summed E-state index contributed by atoms with van der Waals surface area (Å²) in [6.45, 7) is 1.64. The predicted octanol–water partition coefficient (Wildman–Crippen LogP) is 4.47. The van der Waals surface area contributed by atoms with E-state index in [1.54, 1.807) is 19.1 Å². The van der Waals surface area contributed by atoms with Crippen LogP contribution in [0.2, 0.25) is 0 Å². The number of hydrogen-bond acceptors (Lipinski definition) is 8. The number of Topliss-reactive ketones (excluding diaryl/α,β-unsaturated/α-hetero) is 1. The van der Waals surface area contributed by atoms with Crippen LogP contribution in [0.4, 0.5) is 16.5 Å². The van der Waals surface area contributed by atoms with Gasteiger partial charge in [0, 0.05) is 22.9 Å². The summed E-state index contributed by atoms with van der Waals surface area (Å²) in [6, 6.07) is 14.1. The first-order valence-corrected chi connectivity index (χ1v) is 9.40. The van der Waals surface area contributed by atoms with Crippen LogP contribution >= 0.6 is 23.1 Å². The lowest BCUT2D eigenvalue weighted by Crippen LogP contribution is -2.04. The molecule has 1 aromatic heterocycles. The topological polar surface area (TPSA) is 98.0 Å². The zero-order chi connectivity index (χ0) is 18.5. The molecular formula is C17H14N4O3S2. The van der Waals surface area contributed by atoms with Gasteiger partial charge in [0.15, 0.2) is 10.1 Å². The number of nitro groups is 1. The van der Waals surface area contributed by atoms with E-state index in [0.717, 1.165) is 5.69 Å². The second-order valence-corrected chi connectivity index (χ2v) is 7.53. The van der Waals surface area contributed by atoms with Crippen molar-refractivity contribution in [2.75, 3.05) is 11.1 Å². The summed E-state index contributed by atoms with van der Waals surface area (Å²) in [5.74, 6) is -0.0499. The van der Waals surface area contributed by atoms with Crippen LogP contribution in [0.5, 0.6) is 0 Å². The normalized spacial score (nSPS) is 10.5. The molecular weight excluding hydrogens is 372 g/mol. The van der Waals surface area contributed by atoms with Crippen molar-refractivity contribution in [3.8, 4) is 0 Å². The van der Waals surface area contributed by atoms with E-state index in [2.05, 4.69) is 15.5 Å². The van der Waals surface area contributed by atoms with Gasteiger partial charge in [0.2, 0.25) is 5.13 Å². The van der Waals surface area contributed by atoms with Gasteiger partial charge in [-0.3, -0.25) is 14.9 Å². The molecule has 0 bridgehead atoms. The molecule has 132 valence electrons. The van der Waals surface area contributed by atoms with Crippen molar-refractivity contribution in [3.63, 3.8) is 0 Å². The fourth-order valence-electron chi connectivity index (χ4n) is 2.15. The van der Waals surface area contributed by atoms with Crippen molar-refractivity contribution in [3.05, 3.63) is 69.8 Å². The zero-order valence-electron chi connectivity index (χ0n) is 13.7. The predicted molar refractivity (Wildman–Crippen MR) is 103 cm³/mol. The molecule has 0 unspecified atom stereocenters. The van der Waals surface area contributed by atoms with Crippen molar-refractivity contribution in [2.24, 2.45) is 0 Å². The quantitative estimate of drug-likeness (QED) is 0.277. The molecule has 0 amide bonds. The molecule has 0 aliphatic rings. The number of anilines is 2. The van der Waals surface area contributed by atoms with Crippen LogP contribution in [0.15, 0.2) is 52.9 Å². The SMILES string of the molecule is Cc1ccc(C(=O)CSc2nnc(Nc3ccccc3)s2)cc1[N+](=O)[O-]. The summed E-state index contributed by atoms with van der Waals surface area (Å²) < 4.78 is 0.651. The molecule has 0 radical (unpaired) electrons. The molecule has 1 N–H and O–H groups in total. The fraction of sp³-hybridized carbons (Fsp3) is 0.118. The Kier molecular flexibility index (Phi) is 5.59. The number of benzene rings is 2. The number of carbonyl (C=O) groups is 1. The zero-order valence-corrected chi connectivity index (χ0v) is 15.3. The molecule has 3 rings (SSSR count). The molecule has 2 aromatic carbocycles. The van der Waals surface area contributed by atoms with Crippen LogP contribution in [-0.4, -0.2) is 26.7 Å². The number of para-hydroxylation sites is 1. The van der Waals surface area contributed by atoms with Gasteiger partial charge in [0.05, 0.1) is 10.7 Å². The van der Waals surface area contributed by atoms with Crippen molar-refractivity contribution < 1.29 is 9.72 Å². The Hall–Kier alpha value is -2.78. The third kappa shape index (κ3) is 4.44. The molecule has 1 heterocycles. The second-order valence-electron chi connectivity index (χ2n) is 5.33. The van der Waals surface area contributed by atoms with Crippen molar-refractivity contribution in [2.45, 2.75) is 11.3 Å². The van der Waals surface area contributed by atoms with Gasteiger partial charge in [0.25, 0.3) is 5.69 Å². The van der Waals surface area contributed by atoms with Crippen molar-refractivity contribution in [1.82, 2.24) is 10.2 Å². The van der Waals surface area contributed by atoms with Gasteiger partial charge in [-0.2, -0.15) is 0 Å². The summed E-state index contributed by atoms with van der Waals surface area (Å²) in [6.07, 6.45) is 0. The standard InChI is InChI=1S/C17H14N4O3S2/c1-11-7-8-12(9-14(11)21(23)24)15(22)10-25-17-20-19-16(26-17)18-13-5-3-2-4-6-13/h2-9H,10H2,1H3,(H,18,19). The molecule has 0 aliphatic heterocycles. The van der Waals surface area contributed by atoms with Crippen LogP contribution in [0.3, 0.4) is 0 Å². The monoisotopic (exact) mass is 386 g/mol. The lowest BCUT2D eigenvalue weighted by atomic mass is 10.1. The molecule has 3 aromatic rings. The van der Waals surface area contributed by atoms with Gasteiger partial charge in [-0.05, 0) is 19.1 Å². The highest BCUT2D eigenvalue weighted by atomic mass is 32.2. The van der Waals surface area contributed by atoms with Crippen LogP contribution in [-0.2, 0) is 0 Å². The Labute approximate surface area is 157 Å². The summed E-state index contributed by atoms with van der Waals surface area (Å²) in [7, 11) is 0. The maximum Gasteiger partial charge on any atom is 0.273 e. The number of nitrogens with one attached hydrogen (secondary N) is 1. The number of nitrogens with zero attached hydrogens (tertiary/aromatic N) is 3. The average Bonchev–Trinajstić information content (AvgIpc) is 3.08. The molecule has 26 heavy (non-hydrogen) atoms. The van der Waals surface area contributed by atoms with Crippen LogP contribution in [0.1, 0.15) is 15.9 Å². The van der Waals surface area contributed by atoms with E-state index in [0.29, 0.717) is 20.6 Å². The molecule has 0 aliphatic carbocycles. The average molecular weight is 386 g/mol. The third-order valence-electron chi connectivity index (χ3n) is 3.49. The Morgan fingerprint density at radius 2 is 2.00 bits per heavy atom. The number of hydrogen-bond donors (Lipinski definition) is 1. The molecule has 7 nitrogen and oxygen atoms in total. The first-order chi connectivity index (χ1) is 12.5. The molecule has 0 saturated heterocycles. The largest absolute Gasteiger partial charge is 0.330 e. The van der Waals surface area contributed by atoms with E-state index in [-0.39, 0.29) is 17.2 Å². The van der Waals surface area contributed by atoms with Crippen LogP contribution in [0, 0.1) is 17.0 Å². The number of ketones is 1. The van der Waals surface area contributed by atoms with Crippen molar-refractivity contribution >= 4 is 45.4 Å². The first kappa shape index (κ1) is 18.0. The Bertz CT molecular complexity index is 944. The summed E-state index contributed by atoms with van der Waals surface area (Å²) >= 11 is 2.60. The van der Waals surface area contributed by atoms with Gasteiger partial charge < -0.3 is 5.32 Å². The number of carbonyl (C=O) groups excluding carboxylic acids is 1. The van der Waals surface area contributed by atoms with E-state index in [4.69, 9.17) is 0 Å². The van der Waals surface area contributed by atoms with Gasteiger partial charge in [0.1, 0.15) is 0 Å². The highest BCUT2D eigenvalue weighted by Gasteiger charge is 2.16. The number of nitro benzene ring substituents is 1. The van der Waals surface area contributed by atoms with Crippen LogP contribution in [0.25, 0.3) is 0 Å². The summed E-state index contributed by atoms with van der Waals surface area (Å²) in [4.78, 5) is 22.8. The van der Waals surface area contributed by atoms with E-state index in [9.17, 15) is 14.9 Å². The van der Waals surface area contributed by atoms with Gasteiger partial charge in [-0.15, -0.1) is 10.2 Å². The molecule has 0 fully saturated rings. The maximum atomic E-state index is 12.3. The maximum absolute atomic E-state index is 12.3. The van der Waals surface area contributed by atoms with E-state index in [1.807, 2.05) is 30.3 Å². The number of rotatable bonds is 7. The minimum atomic E-state index is -0.481. The van der Waals surface area contributed by atoms with Gasteiger partial charge in [-0.25, -0.2) is 0 Å². The molecule has 9 heteroatoms. The van der Waals surface area contributed by atoms with Gasteiger partial charge in [-0.1, -0.05) is 53.4 Å². The Morgan fingerprint density at radius 3 is 2.73 bits per heavy atom. The Balaban J connectivity index is 1.62. The number of thioether (sulfide) groups is 1. The third-order valence-corrected chi connectivity index (χ3v) is 5.46. The number of aromatic nitrogens is 2. The number of aryl methyl sites for hydroxylation is 1. The lowest BCUT2D eigenvalue weighted by Gasteiger charge is -2.02. The molecule has 0 atom stereocenters. The van der Waals surface area contributed by atoms with Gasteiger partial charge >= 0.3 is 0 Å². The van der Waals surface area contributed by atoms with Crippen molar-refractivity contribution in [1.29, 1.82) is 0 Å². The minimum absolute atomic E-state index is 0.0499. The second kappa shape index (κ2) is 8.07. The highest BCUT2D eigenvalue weighted by molar-refractivity contribution is 8.01. The van der Waals surface area contributed by atoms with E-state index in [1.165, 1.54) is 29.2 Å². The molecule has 0 spiro atoms. The lowest BCUT2D eigenvalue weighted by molar-refractivity contribution is -0.385. The fourth-order valence-corrected chi connectivity index (χ4v) is 3.82. The minimum Gasteiger partial charge on any atom is -0.330 e. The molecule has 0 saturated carbocycles. The highest BCUT2D eigenvalue weighted by Crippen LogP contribution is 2.28. The van der Waals surface area contributed by atoms with E-state index < -0.39 is 4.92 Å². The summed E-state index contributed by atoms with van der Waals surface area (Å²) in [5, 5.41) is 22.9. The Morgan fingerprint density at radius 1 is 1.23 bits per heavy atom. The van der Waals surface area contributed by atoms with E-state index >= 15 is 0 Å². The smallest absolute Gasteiger partial charge is 0.273 e. The first-order valence-electron chi connectivity index (χ1n) is 7.59.